The van der Waals surface area contributed by atoms with Crippen LogP contribution < -0.4 is 4.90 Å². The van der Waals surface area contributed by atoms with Gasteiger partial charge in [0.25, 0.3) is 0 Å². The Morgan fingerprint density at radius 2 is 2.16 bits per heavy atom. The molecule has 1 aromatic rings. The molecule has 0 heterocycles. The Balaban J connectivity index is 3.05. The zero-order valence-electron chi connectivity index (χ0n) is 11.8. The van der Waals surface area contributed by atoms with Gasteiger partial charge in [-0.25, -0.2) is 0 Å². The SMILES string of the molecule is CCOCCN(CC)c1cc(C#N)ccc1C(C)=O. The first-order chi connectivity index (χ1) is 9.13. The highest BCUT2D eigenvalue weighted by molar-refractivity contribution is 6.00. The summed E-state index contributed by atoms with van der Waals surface area (Å²) in [6.07, 6.45) is 0. The first kappa shape index (κ1) is 15.2. The van der Waals surface area contributed by atoms with Crippen LogP contribution in [0.1, 0.15) is 36.7 Å². The second kappa shape index (κ2) is 7.55. The maximum Gasteiger partial charge on any atom is 0.161 e. The van der Waals surface area contributed by atoms with Crippen LogP contribution in [-0.4, -0.2) is 32.1 Å². The van der Waals surface area contributed by atoms with Crippen molar-refractivity contribution in [1.29, 1.82) is 5.26 Å². The molecule has 4 nitrogen and oxygen atoms in total. The topological polar surface area (TPSA) is 53.3 Å². The number of likely N-dealkylation sites (N-methyl/N-ethyl adjacent to an activating group) is 1. The number of carbonyl (C=O) groups excluding carboxylic acids is 1. The molecule has 0 N–H and O–H groups in total. The van der Waals surface area contributed by atoms with Crippen LogP contribution in [0.5, 0.6) is 0 Å². The lowest BCUT2D eigenvalue weighted by atomic mass is 10.1. The smallest absolute Gasteiger partial charge is 0.161 e. The van der Waals surface area contributed by atoms with Crippen molar-refractivity contribution in [2.24, 2.45) is 0 Å². The third-order valence-electron chi connectivity index (χ3n) is 2.94. The van der Waals surface area contributed by atoms with Gasteiger partial charge in [-0.3, -0.25) is 4.79 Å². The zero-order valence-corrected chi connectivity index (χ0v) is 11.8. The summed E-state index contributed by atoms with van der Waals surface area (Å²) in [4.78, 5) is 13.7. The van der Waals surface area contributed by atoms with Crippen molar-refractivity contribution in [2.75, 3.05) is 31.2 Å². The molecule has 0 bridgehead atoms. The molecule has 0 radical (unpaired) electrons. The molecular formula is C15H20N2O2. The molecule has 4 heteroatoms. The summed E-state index contributed by atoms with van der Waals surface area (Å²) < 4.78 is 5.35. The highest BCUT2D eigenvalue weighted by Crippen LogP contribution is 2.22. The highest BCUT2D eigenvalue weighted by atomic mass is 16.5. The number of ketones is 1. The number of nitriles is 1. The van der Waals surface area contributed by atoms with Gasteiger partial charge in [-0.15, -0.1) is 0 Å². The zero-order chi connectivity index (χ0) is 14.3. The molecular weight excluding hydrogens is 240 g/mol. The third-order valence-corrected chi connectivity index (χ3v) is 2.94. The fourth-order valence-electron chi connectivity index (χ4n) is 1.93. The van der Waals surface area contributed by atoms with Crippen LogP contribution >= 0.6 is 0 Å². The number of hydrogen-bond acceptors (Lipinski definition) is 4. The Kier molecular flexibility index (Phi) is 6.04. The number of Topliss-reactive ketones (excluding diaryl/α,β-unsaturated/α-hetero) is 1. The molecule has 0 aliphatic carbocycles. The molecule has 19 heavy (non-hydrogen) atoms. The van der Waals surface area contributed by atoms with E-state index in [0.717, 1.165) is 12.2 Å². The van der Waals surface area contributed by atoms with E-state index in [4.69, 9.17) is 10.00 Å². The average Bonchev–Trinajstić information content (AvgIpc) is 2.43. The Hall–Kier alpha value is -1.86. The summed E-state index contributed by atoms with van der Waals surface area (Å²) in [5.74, 6) is 0.00866. The fourth-order valence-corrected chi connectivity index (χ4v) is 1.93. The van der Waals surface area contributed by atoms with Crippen molar-refractivity contribution in [1.82, 2.24) is 0 Å². The van der Waals surface area contributed by atoms with Crippen molar-refractivity contribution in [3.63, 3.8) is 0 Å². The summed E-state index contributed by atoms with van der Waals surface area (Å²) >= 11 is 0. The van der Waals surface area contributed by atoms with E-state index in [9.17, 15) is 4.79 Å². The Morgan fingerprint density at radius 1 is 1.42 bits per heavy atom. The van der Waals surface area contributed by atoms with Gasteiger partial charge in [0.15, 0.2) is 5.78 Å². The maximum atomic E-state index is 11.7. The number of carbonyl (C=O) groups is 1. The van der Waals surface area contributed by atoms with E-state index < -0.39 is 0 Å². The van der Waals surface area contributed by atoms with Crippen LogP contribution in [0, 0.1) is 11.3 Å². The quantitative estimate of drug-likeness (QED) is 0.558. The minimum Gasteiger partial charge on any atom is -0.380 e. The normalized spacial score (nSPS) is 10.0. The molecule has 0 saturated heterocycles. The lowest BCUT2D eigenvalue weighted by Gasteiger charge is -2.25. The predicted octanol–water partition coefficient (Wildman–Crippen LogP) is 2.62. The monoisotopic (exact) mass is 260 g/mol. The van der Waals surface area contributed by atoms with E-state index >= 15 is 0 Å². The molecule has 0 aliphatic rings. The molecule has 0 atom stereocenters. The van der Waals surface area contributed by atoms with Crippen molar-refractivity contribution >= 4 is 11.5 Å². The van der Waals surface area contributed by atoms with Gasteiger partial charge in [0.1, 0.15) is 0 Å². The second-order valence-electron chi connectivity index (χ2n) is 4.18. The van der Waals surface area contributed by atoms with Crippen LogP contribution in [0.15, 0.2) is 18.2 Å². The summed E-state index contributed by atoms with van der Waals surface area (Å²) in [5.41, 5.74) is 2.03. The standard InChI is InChI=1S/C15H20N2O2/c1-4-17(8-9-19-5-2)15-10-13(11-16)6-7-14(15)12(3)18/h6-7,10H,4-5,8-9H2,1-3H3. The largest absolute Gasteiger partial charge is 0.380 e. The molecule has 0 amide bonds. The number of anilines is 1. The van der Waals surface area contributed by atoms with Crippen LogP contribution in [0.25, 0.3) is 0 Å². The van der Waals surface area contributed by atoms with Gasteiger partial charge in [-0.05, 0) is 39.0 Å². The van der Waals surface area contributed by atoms with E-state index in [0.29, 0.717) is 30.9 Å². The van der Waals surface area contributed by atoms with Crippen LogP contribution in [0.2, 0.25) is 0 Å². The number of benzene rings is 1. The van der Waals surface area contributed by atoms with Crippen molar-refractivity contribution in [3.05, 3.63) is 29.3 Å². The van der Waals surface area contributed by atoms with Gasteiger partial charge in [-0.2, -0.15) is 5.26 Å². The highest BCUT2D eigenvalue weighted by Gasteiger charge is 2.13. The molecule has 0 spiro atoms. The fraction of sp³-hybridized carbons (Fsp3) is 0.467. The number of hydrogen-bond donors (Lipinski definition) is 0. The first-order valence-electron chi connectivity index (χ1n) is 6.51. The first-order valence-corrected chi connectivity index (χ1v) is 6.51. The third kappa shape index (κ3) is 4.08. The Morgan fingerprint density at radius 3 is 2.68 bits per heavy atom. The van der Waals surface area contributed by atoms with E-state index in [1.165, 1.54) is 0 Å². The van der Waals surface area contributed by atoms with E-state index in [1.54, 1.807) is 25.1 Å². The summed E-state index contributed by atoms with van der Waals surface area (Å²) in [7, 11) is 0. The van der Waals surface area contributed by atoms with Gasteiger partial charge < -0.3 is 9.64 Å². The average molecular weight is 260 g/mol. The van der Waals surface area contributed by atoms with Crippen molar-refractivity contribution in [3.8, 4) is 6.07 Å². The minimum atomic E-state index is 0.00866. The van der Waals surface area contributed by atoms with Crippen LogP contribution in [-0.2, 0) is 4.74 Å². The van der Waals surface area contributed by atoms with Crippen molar-refractivity contribution < 1.29 is 9.53 Å². The van der Waals surface area contributed by atoms with Gasteiger partial charge >= 0.3 is 0 Å². The van der Waals surface area contributed by atoms with Crippen molar-refractivity contribution in [2.45, 2.75) is 20.8 Å². The molecule has 1 aromatic carbocycles. The van der Waals surface area contributed by atoms with E-state index in [-0.39, 0.29) is 5.78 Å². The summed E-state index contributed by atoms with van der Waals surface area (Å²) in [6.45, 7) is 8.28. The maximum absolute atomic E-state index is 11.7. The van der Waals surface area contributed by atoms with Gasteiger partial charge in [0.05, 0.1) is 18.2 Å². The molecule has 0 saturated carbocycles. The lowest BCUT2D eigenvalue weighted by molar-refractivity contribution is 0.101. The summed E-state index contributed by atoms with van der Waals surface area (Å²) in [5, 5.41) is 8.98. The van der Waals surface area contributed by atoms with E-state index in [1.807, 2.05) is 13.8 Å². The number of rotatable bonds is 7. The molecule has 0 aliphatic heterocycles. The molecule has 0 fully saturated rings. The lowest BCUT2D eigenvalue weighted by Crippen LogP contribution is -2.28. The van der Waals surface area contributed by atoms with Crippen LogP contribution in [0.4, 0.5) is 5.69 Å². The Labute approximate surface area is 114 Å². The Bertz CT molecular complexity index is 478. The summed E-state index contributed by atoms with van der Waals surface area (Å²) in [6, 6.07) is 7.28. The number of ether oxygens (including phenoxy) is 1. The van der Waals surface area contributed by atoms with Crippen LogP contribution in [0.3, 0.4) is 0 Å². The van der Waals surface area contributed by atoms with Gasteiger partial charge in [0, 0.05) is 30.9 Å². The molecule has 102 valence electrons. The van der Waals surface area contributed by atoms with E-state index in [2.05, 4.69) is 11.0 Å². The second-order valence-corrected chi connectivity index (χ2v) is 4.18. The molecule has 0 unspecified atom stereocenters. The molecule has 0 aromatic heterocycles. The molecule has 1 rings (SSSR count). The van der Waals surface area contributed by atoms with Gasteiger partial charge in [0.2, 0.25) is 0 Å². The minimum absolute atomic E-state index is 0.00866. The van der Waals surface area contributed by atoms with Gasteiger partial charge in [-0.1, -0.05) is 0 Å². The number of nitrogens with zero attached hydrogens (tertiary/aromatic N) is 2. The predicted molar refractivity (Wildman–Crippen MR) is 75.5 cm³/mol.